The van der Waals surface area contributed by atoms with E-state index in [9.17, 15) is 4.79 Å². The van der Waals surface area contributed by atoms with Gasteiger partial charge in [0.2, 0.25) is 0 Å². The summed E-state index contributed by atoms with van der Waals surface area (Å²) in [7, 11) is 0. The summed E-state index contributed by atoms with van der Waals surface area (Å²) in [6.07, 6.45) is 6.01. The lowest BCUT2D eigenvalue weighted by atomic mass is 10.0. The lowest BCUT2D eigenvalue weighted by molar-refractivity contribution is -0.124. The molecule has 132 valence electrons. The molecule has 1 amide bonds. The van der Waals surface area contributed by atoms with Crippen LogP contribution in [0.1, 0.15) is 46.2 Å². The molecule has 0 fully saturated rings. The zero-order valence-electron chi connectivity index (χ0n) is 14.5. The maximum absolute atomic E-state index is 11.1. The van der Waals surface area contributed by atoms with Gasteiger partial charge in [-0.2, -0.15) is 0 Å². The smallest absolute Gasteiger partial charge is 0.267 e. The zero-order chi connectivity index (χ0) is 17.8. The molecule has 2 aromatic rings. The highest BCUT2D eigenvalue weighted by molar-refractivity contribution is 5.90. The van der Waals surface area contributed by atoms with Crippen LogP contribution in [-0.2, 0) is 17.6 Å². The topological polar surface area (TPSA) is 87.4 Å². The number of carbonyl (C=O) groups excluding carboxylic acids is 1. The van der Waals surface area contributed by atoms with Gasteiger partial charge in [0, 0.05) is 17.7 Å². The van der Waals surface area contributed by atoms with E-state index in [1.807, 2.05) is 19.9 Å². The molecule has 0 spiro atoms. The average Bonchev–Trinajstić information content (AvgIpc) is 3.17. The van der Waals surface area contributed by atoms with E-state index in [-0.39, 0.29) is 0 Å². The summed E-state index contributed by atoms with van der Waals surface area (Å²) in [5, 5.41) is 16.1. The van der Waals surface area contributed by atoms with Gasteiger partial charge < -0.3 is 9.84 Å². The van der Waals surface area contributed by atoms with Crippen LogP contribution in [0.3, 0.4) is 0 Å². The van der Waals surface area contributed by atoms with Crippen molar-refractivity contribution in [3.8, 4) is 0 Å². The zero-order valence-corrected chi connectivity index (χ0v) is 14.5. The Hall–Kier alpha value is -2.44. The fourth-order valence-electron chi connectivity index (χ4n) is 3.39. The first kappa shape index (κ1) is 17.4. The van der Waals surface area contributed by atoms with Gasteiger partial charge in [0.05, 0.1) is 5.69 Å². The molecule has 1 aliphatic rings. The molecule has 1 atom stereocenters. The molecular weight excluding hydrogens is 318 g/mol. The molecular formula is C19H23N3O3. The Morgan fingerprint density at radius 3 is 3.00 bits per heavy atom. The van der Waals surface area contributed by atoms with Crippen molar-refractivity contribution in [1.82, 2.24) is 16.0 Å². The summed E-state index contributed by atoms with van der Waals surface area (Å²) >= 11 is 0. The minimum absolute atomic E-state index is 0.356. The van der Waals surface area contributed by atoms with Gasteiger partial charge in [0.1, 0.15) is 5.76 Å². The molecule has 3 N–H and O–H groups in total. The van der Waals surface area contributed by atoms with Crippen molar-refractivity contribution in [2.75, 3.05) is 6.54 Å². The van der Waals surface area contributed by atoms with Gasteiger partial charge in [0.25, 0.3) is 5.91 Å². The molecule has 0 saturated carbocycles. The van der Waals surface area contributed by atoms with Crippen molar-refractivity contribution in [3.63, 3.8) is 0 Å². The molecule has 1 aliphatic carbocycles. The SMILES string of the molecule is Cc1noc(C)c1CCNC1CCc2cc(/C=C/C(=O)NO)ccc21. The third-order valence-electron chi connectivity index (χ3n) is 4.73. The Morgan fingerprint density at radius 1 is 1.44 bits per heavy atom. The van der Waals surface area contributed by atoms with Crippen LogP contribution in [0.15, 0.2) is 28.8 Å². The van der Waals surface area contributed by atoms with Crippen molar-refractivity contribution >= 4 is 12.0 Å². The van der Waals surface area contributed by atoms with E-state index in [1.165, 1.54) is 22.8 Å². The minimum atomic E-state index is -0.528. The predicted octanol–water partition coefficient (Wildman–Crippen LogP) is 2.63. The number of aromatic nitrogens is 1. The third-order valence-corrected chi connectivity index (χ3v) is 4.73. The summed E-state index contributed by atoms with van der Waals surface area (Å²) in [6.45, 7) is 4.81. The van der Waals surface area contributed by atoms with Gasteiger partial charge in [-0.25, -0.2) is 5.48 Å². The number of nitrogens with one attached hydrogen (secondary N) is 2. The first-order valence-corrected chi connectivity index (χ1v) is 8.48. The quantitative estimate of drug-likeness (QED) is 0.427. The largest absolute Gasteiger partial charge is 0.361 e. The molecule has 0 radical (unpaired) electrons. The minimum Gasteiger partial charge on any atom is -0.361 e. The summed E-state index contributed by atoms with van der Waals surface area (Å²) in [5.74, 6) is 0.369. The molecule has 6 nitrogen and oxygen atoms in total. The fraction of sp³-hybridized carbons (Fsp3) is 0.368. The summed E-state index contributed by atoms with van der Waals surface area (Å²) < 4.78 is 5.21. The van der Waals surface area contributed by atoms with E-state index in [0.717, 1.165) is 42.8 Å². The predicted molar refractivity (Wildman–Crippen MR) is 94.2 cm³/mol. The molecule has 0 aliphatic heterocycles. The first-order chi connectivity index (χ1) is 12.1. The number of carbonyl (C=O) groups is 1. The number of benzene rings is 1. The number of hydrogen-bond donors (Lipinski definition) is 3. The monoisotopic (exact) mass is 341 g/mol. The first-order valence-electron chi connectivity index (χ1n) is 8.48. The second-order valence-corrected chi connectivity index (χ2v) is 6.37. The van der Waals surface area contributed by atoms with Crippen LogP contribution in [0.2, 0.25) is 0 Å². The van der Waals surface area contributed by atoms with E-state index in [0.29, 0.717) is 6.04 Å². The van der Waals surface area contributed by atoms with Crippen LogP contribution in [0.5, 0.6) is 0 Å². The van der Waals surface area contributed by atoms with Gasteiger partial charge in [-0.05, 0) is 62.4 Å². The molecule has 3 rings (SSSR count). The van der Waals surface area contributed by atoms with Crippen molar-refractivity contribution in [1.29, 1.82) is 0 Å². The second kappa shape index (κ2) is 7.63. The Morgan fingerprint density at radius 2 is 2.28 bits per heavy atom. The summed E-state index contributed by atoms with van der Waals surface area (Å²) in [5.41, 5.74) is 7.33. The van der Waals surface area contributed by atoms with Gasteiger partial charge >= 0.3 is 0 Å². The number of nitrogens with zero attached hydrogens (tertiary/aromatic N) is 1. The average molecular weight is 341 g/mol. The Kier molecular flexibility index (Phi) is 5.31. The maximum atomic E-state index is 11.1. The maximum Gasteiger partial charge on any atom is 0.267 e. The van der Waals surface area contributed by atoms with Crippen molar-refractivity contribution in [2.24, 2.45) is 0 Å². The highest BCUT2D eigenvalue weighted by Gasteiger charge is 2.22. The van der Waals surface area contributed by atoms with Crippen LogP contribution in [0, 0.1) is 13.8 Å². The van der Waals surface area contributed by atoms with Gasteiger partial charge in [-0.15, -0.1) is 0 Å². The van der Waals surface area contributed by atoms with E-state index < -0.39 is 5.91 Å². The molecule has 0 bridgehead atoms. The standard InChI is InChI=1S/C19H23N3O3/c1-12-16(13(2)25-22-12)9-10-20-18-7-5-15-11-14(3-6-17(15)18)4-8-19(23)21-24/h3-4,6,8,11,18,20,24H,5,7,9-10H2,1-2H3,(H,21,23)/b8-4+. The molecule has 25 heavy (non-hydrogen) atoms. The molecule has 0 saturated heterocycles. The van der Waals surface area contributed by atoms with Gasteiger partial charge in [-0.1, -0.05) is 23.4 Å². The number of amides is 1. The summed E-state index contributed by atoms with van der Waals surface area (Å²) in [4.78, 5) is 11.1. The van der Waals surface area contributed by atoms with Gasteiger partial charge in [0.15, 0.2) is 0 Å². The second-order valence-electron chi connectivity index (χ2n) is 6.37. The molecule has 1 aromatic heterocycles. The van der Waals surface area contributed by atoms with Crippen LogP contribution in [0.25, 0.3) is 6.08 Å². The lowest BCUT2D eigenvalue weighted by Crippen LogP contribution is -2.22. The number of hydrogen-bond acceptors (Lipinski definition) is 5. The van der Waals surface area contributed by atoms with Crippen LogP contribution in [-0.4, -0.2) is 22.8 Å². The number of aryl methyl sites for hydroxylation is 3. The van der Waals surface area contributed by atoms with E-state index >= 15 is 0 Å². The highest BCUT2D eigenvalue weighted by atomic mass is 16.5. The lowest BCUT2D eigenvalue weighted by Gasteiger charge is -2.14. The Balaban J connectivity index is 1.60. The van der Waals surface area contributed by atoms with Crippen molar-refractivity contribution < 1.29 is 14.5 Å². The van der Waals surface area contributed by atoms with Crippen molar-refractivity contribution in [3.05, 3.63) is 58.0 Å². The fourth-order valence-corrected chi connectivity index (χ4v) is 3.39. The van der Waals surface area contributed by atoms with E-state index in [4.69, 9.17) is 9.73 Å². The number of rotatable bonds is 6. The third kappa shape index (κ3) is 3.97. The Labute approximate surface area is 146 Å². The van der Waals surface area contributed by atoms with Gasteiger partial charge in [-0.3, -0.25) is 10.0 Å². The van der Waals surface area contributed by atoms with Crippen LogP contribution < -0.4 is 10.8 Å². The van der Waals surface area contributed by atoms with Crippen LogP contribution in [0.4, 0.5) is 0 Å². The van der Waals surface area contributed by atoms with E-state index in [2.05, 4.69) is 22.6 Å². The molecule has 6 heteroatoms. The van der Waals surface area contributed by atoms with Crippen LogP contribution >= 0.6 is 0 Å². The van der Waals surface area contributed by atoms with E-state index in [1.54, 1.807) is 11.6 Å². The van der Waals surface area contributed by atoms with Crippen molar-refractivity contribution in [2.45, 2.75) is 39.2 Å². The number of hydroxylamine groups is 1. The number of fused-ring (bicyclic) bond motifs is 1. The normalized spacial score (nSPS) is 16.4. The highest BCUT2D eigenvalue weighted by Crippen LogP contribution is 2.32. The molecule has 1 aromatic carbocycles. The molecule has 1 heterocycles. The Bertz CT molecular complexity index is 776. The summed E-state index contributed by atoms with van der Waals surface area (Å²) in [6, 6.07) is 6.57. The molecule has 1 unspecified atom stereocenters.